The molecule has 32 heavy (non-hydrogen) atoms. The van der Waals surface area contributed by atoms with Crippen LogP contribution in [0, 0.1) is 0 Å². The lowest BCUT2D eigenvalue weighted by atomic mass is 9.85. The molecule has 2 atom stereocenters. The number of nitrogens with zero attached hydrogens (tertiary/aromatic N) is 1. The van der Waals surface area contributed by atoms with Gasteiger partial charge in [-0.15, -0.1) is 0 Å². The van der Waals surface area contributed by atoms with Gasteiger partial charge < -0.3 is 24.1 Å². The van der Waals surface area contributed by atoms with E-state index in [2.05, 4.69) is 22.0 Å². The van der Waals surface area contributed by atoms with Gasteiger partial charge in [0.2, 0.25) is 5.43 Å². The Hall–Kier alpha value is -3.32. The molecule has 6 nitrogen and oxygen atoms in total. The van der Waals surface area contributed by atoms with Gasteiger partial charge in [0, 0.05) is 24.1 Å². The number of ether oxygens (including phenoxy) is 3. The molecule has 0 amide bonds. The summed E-state index contributed by atoms with van der Waals surface area (Å²) < 4.78 is 20.1. The van der Waals surface area contributed by atoms with Gasteiger partial charge >= 0.3 is 0 Å². The molecule has 1 aromatic heterocycles. The third-order valence-electron chi connectivity index (χ3n) is 6.70. The second-order valence-electron chi connectivity index (χ2n) is 8.97. The van der Waals surface area contributed by atoms with E-state index in [1.807, 2.05) is 51.2 Å². The molecule has 6 rings (SSSR count). The van der Waals surface area contributed by atoms with E-state index in [1.54, 1.807) is 7.11 Å². The third-order valence-corrected chi connectivity index (χ3v) is 6.91. The number of aryl methyl sites for hydroxylation is 1. The van der Waals surface area contributed by atoms with Gasteiger partial charge in [-0.2, -0.15) is 0 Å². The van der Waals surface area contributed by atoms with Gasteiger partial charge in [-0.1, -0.05) is 24.3 Å². The number of methoxy groups -OCH3 is 1. The monoisotopic (exact) mass is 446 g/mol. The minimum absolute atomic E-state index is 0.0682. The fourth-order valence-electron chi connectivity index (χ4n) is 5.22. The number of thiocarbonyl (C=S) groups is 1. The molecule has 2 unspecified atom stereocenters. The number of aromatic nitrogens is 1. The van der Waals surface area contributed by atoms with Crippen LogP contribution in [0.1, 0.15) is 25.5 Å². The normalized spacial score (nSPS) is 21.1. The average molecular weight is 447 g/mol. The Morgan fingerprint density at radius 1 is 1.16 bits per heavy atom. The summed E-state index contributed by atoms with van der Waals surface area (Å²) >= 11 is 5.34. The zero-order valence-electron chi connectivity index (χ0n) is 18.2. The largest absolute Gasteiger partial charge is 0.496 e. The lowest BCUT2D eigenvalue weighted by Crippen LogP contribution is -2.49. The lowest BCUT2D eigenvalue weighted by molar-refractivity contribution is -0.0315. The van der Waals surface area contributed by atoms with Crippen molar-refractivity contribution in [3.05, 3.63) is 58.3 Å². The summed E-state index contributed by atoms with van der Waals surface area (Å²) in [7, 11) is 3.55. The molecule has 3 aromatic carbocycles. The second kappa shape index (κ2) is 6.36. The Bertz CT molecular complexity index is 1540. The predicted molar refractivity (Wildman–Crippen MR) is 129 cm³/mol. The van der Waals surface area contributed by atoms with Crippen molar-refractivity contribution in [2.75, 3.05) is 7.11 Å². The van der Waals surface area contributed by atoms with Gasteiger partial charge in [0.05, 0.1) is 23.5 Å². The summed E-state index contributed by atoms with van der Waals surface area (Å²) in [5.74, 6) is 1.15. The maximum Gasteiger partial charge on any atom is 0.257 e. The summed E-state index contributed by atoms with van der Waals surface area (Å²) in [6.07, 6.45) is -0.318. The fourth-order valence-corrected chi connectivity index (χ4v) is 5.45. The molecule has 0 bridgehead atoms. The summed E-state index contributed by atoms with van der Waals surface area (Å²) in [6.45, 7) is 3.96. The van der Waals surface area contributed by atoms with Gasteiger partial charge in [0.25, 0.3) is 5.17 Å². The van der Waals surface area contributed by atoms with E-state index in [0.717, 1.165) is 27.4 Å². The van der Waals surface area contributed by atoms with E-state index < -0.39 is 5.60 Å². The van der Waals surface area contributed by atoms with E-state index >= 15 is 0 Å². The highest BCUT2D eigenvalue weighted by Crippen LogP contribution is 2.49. The van der Waals surface area contributed by atoms with Crippen LogP contribution in [0.4, 0.5) is 0 Å². The van der Waals surface area contributed by atoms with Gasteiger partial charge in [-0.05, 0) is 49.0 Å². The Labute approximate surface area is 189 Å². The molecule has 7 heteroatoms. The number of hydrogen-bond donors (Lipinski definition) is 1. The zero-order valence-corrected chi connectivity index (χ0v) is 19.0. The van der Waals surface area contributed by atoms with Crippen molar-refractivity contribution < 1.29 is 14.2 Å². The fraction of sp³-hybridized carbons (Fsp3) is 0.280. The first-order valence-electron chi connectivity index (χ1n) is 10.5. The molecule has 4 aromatic rings. The minimum Gasteiger partial charge on any atom is -0.496 e. The highest BCUT2D eigenvalue weighted by atomic mass is 32.1. The Kier molecular flexibility index (Phi) is 3.85. The molecule has 3 heterocycles. The van der Waals surface area contributed by atoms with Gasteiger partial charge in [-0.3, -0.25) is 4.79 Å². The molecule has 1 N–H and O–H groups in total. The van der Waals surface area contributed by atoms with Crippen LogP contribution in [-0.4, -0.2) is 28.6 Å². The van der Waals surface area contributed by atoms with Crippen molar-refractivity contribution >= 4 is 50.0 Å². The first kappa shape index (κ1) is 19.4. The molecule has 2 aliphatic rings. The van der Waals surface area contributed by atoms with Crippen molar-refractivity contribution in [3.8, 4) is 11.5 Å². The first-order valence-corrected chi connectivity index (χ1v) is 10.9. The molecule has 0 radical (unpaired) electrons. The second-order valence-corrected chi connectivity index (χ2v) is 9.34. The maximum atomic E-state index is 13.8. The molecule has 2 aliphatic heterocycles. The predicted octanol–water partition coefficient (Wildman–Crippen LogP) is 4.34. The van der Waals surface area contributed by atoms with Crippen LogP contribution in [0.2, 0.25) is 0 Å². The average Bonchev–Trinajstić information content (AvgIpc) is 3.17. The Morgan fingerprint density at radius 3 is 2.59 bits per heavy atom. The number of hydrogen-bond acceptors (Lipinski definition) is 5. The maximum absolute atomic E-state index is 13.8. The van der Waals surface area contributed by atoms with Gasteiger partial charge in [0.15, 0.2) is 6.10 Å². The third kappa shape index (κ3) is 2.45. The van der Waals surface area contributed by atoms with Gasteiger partial charge in [0.1, 0.15) is 23.1 Å². The van der Waals surface area contributed by atoms with Crippen LogP contribution in [0.5, 0.6) is 11.5 Å². The first-order chi connectivity index (χ1) is 15.3. The van der Waals surface area contributed by atoms with Crippen LogP contribution >= 0.6 is 12.2 Å². The smallest absolute Gasteiger partial charge is 0.257 e. The van der Waals surface area contributed by atoms with E-state index in [4.69, 9.17) is 26.4 Å². The summed E-state index contributed by atoms with van der Waals surface area (Å²) in [5, 5.41) is 6.91. The van der Waals surface area contributed by atoms with Crippen molar-refractivity contribution in [2.45, 2.75) is 31.6 Å². The number of fused-ring (bicyclic) bond motifs is 7. The molecule has 0 aliphatic carbocycles. The number of nitrogens with one attached hydrogen (secondary N) is 1. The van der Waals surface area contributed by atoms with Crippen LogP contribution in [0.25, 0.3) is 32.6 Å². The molecule has 1 fully saturated rings. The molecular weight excluding hydrogens is 424 g/mol. The molecule has 162 valence electrons. The Balaban J connectivity index is 1.81. The van der Waals surface area contributed by atoms with Crippen LogP contribution in [-0.2, 0) is 11.8 Å². The number of benzene rings is 3. The van der Waals surface area contributed by atoms with Crippen molar-refractivity contribution in [3.63, 3.8) is 0 Å². The number of pyridine rings is 1. The SMILES string of the molecule is COc1cc2c(c3c1c(=O)c1cc4ccccc4cc1n3C)C1NC(=S)OC1C(C)(C)O2. The van der Waals surface area contributed by atoms with Crippen molar-refractivity contribution in [1.29, 1.82) is 0 Å². The standard InChI is InChI=1S/C25H22N2O4S/c1-25(2)23-20(26-24(32)30-23)18-17(31-25)11-16(29-4)19-21(18)27(3)15-10-13-8-6-5-7-12(13)9-14(15)22(19)28/h5-11,20,23H,1-4H3,(H,26,32). The topological polar surface area (TPSA) is 61.7 Å². The van der Waals surface area contributed by atoms with Crippen molar-refractivity contribution in [1.82, 2.24) is 9.88 Å². The molecule has 1 saturated heterocycles. The van der Waals surface area contributed by atoms with E-state index in [0.29, 0.717) is 27.4 Å². The summed E-state index contributed by atoms with van der Waals surface area (Å²) in [6, 6.07) is 13.6. The van der Waals surface area contributed by atoms with E-state index in [1.165, 1.54) is 0 Å². The van der Waals surface area contributed by atoms with E-state index in [-0.39, 0.29) is 17.6 Å². The number of rotatable bonds is 1. The molecular formula is C25H22N2O4S. The molecule has 0 saturated carbocycles. The van der Waals surface area contributed by atoms with Crippen molar-refractivity contribution in [2.24, 2.45) is 7.05 Å². The van der Waals surface area contributed by atoms with Crippen LogP contribution < -0.4 is 20.2 Å². The van der Waals surface area contributed by atoms with E-state index in [9.17, 15) is 4.79 Å². The van der Waals surface area contributed by atoms with Gasteiger partial charge in [-0.25, -0.2) is 0 Å². The quantitative estimate of drug-likeness (QED) is 0.347. The highest BCUT2D eigenvalue weighted by Gasteiger charge is 2.51. The molecule has 0 spiro atoms. The lowest BCUT2D eigenvalue weighted by Gasteiger charge is -2.40. The zero-order chi connectivity index (χ0) is 22.4. The van der Waals surface area contributed by atoms with Crippen LogP contribution in [0.3, 0.4) is 0 Å². The van der Waals surface area contributed by atoms with Crippen LogP contribution in [0.15, 0.2) is 47.3 Å². The Morgan fingerprint density at radius 2 is 1.88 bits per heavy atom. The highest BCUT2D eigenvalue weighted by molar-refractivity contribution is 7.80. The minimum atomic E-state index is -0.615. The summed E-state index contributed by atoms with van der Waals surface area (Å²) in [5.41, 5.74) is 1.79. The summed E-state index contributed by atoms with van der Waals surface area (Å²) in [4.78, 5) is 13.8.